The van der Waals surface area contributed by atoms with Crippen molar-refractivity contribution < 1.29 is 31.9 Å². The van der Waals surface area contributed by atoms with Gasteiger partial charge in [0, 0.05) is 18.0 Å². The number of carboxylic acid groups (broad SMARTS) is 1. The first kappa shape index (κ1) is 20.2. The summed E-state index contributed by atoms with van der Waals surface area (Å²) in [4.78, 5) is 23.0. The molecule has 1 aliphatic carbocycles. The number of hydrogen-bond acceptors (Lipinski definition) is 4. The number of sulfonamides is 1. The van der Waals surface area contributed by atoms with Crippen molar-refractivity contribution in [3.05, 3.63) is 29.8 Å². The first-order valence-corrected chi connectivity index (χ1v) is 9.61. The number of nitrogens with one attached hydrogen (secondary N) is 2. The molecule has 0 spiro atoms. The molecule has 1 amide bonds. The second-order valence-electron chi connectivity index (χ2n) is 6.12. The molecule has 0 heterocycles. The Balaban J connectivity index is 2.14. The minimum Gasteiger partial charge on any atom is -0.480 e. The molecule has 0 saturated heterocycles. The Morgan fingerprint density at radius 1 is 1.23 bits per heavy atom. The van der Waals surface area contributed by atoms with Crippen LogP contribution in [0.4, 0.5) is 8.78 Å². The van der Waals surface area contributed by atoms with E-state index in [1.807, 2.05) is 5.32 Å². The van der Waals surface area contributed by atoms with Gasteiger partial charge in [-0.3, -0.25) is 4.79 Å². The van der Waals surface area contributed by atoms with E-state index >= 15 is 0 Å². The monoisotopic (exact) mass is 390 g/mol. The van der Waals surface area contributed by atoms with Crippen molar-refractivity contribution in [1.82, 2.24) is 10.0 Å². The molecule has 0 bridgehead atoms. The highest BCUT2D eigenvalue weighted by molar-refractivity contribution is 7.89. The molecule has 0 aliphatic heterocycles. The summed E-state index contributed by atoms with van der Waals surface area (Å²) >= 11 is 0. The number of benzene rings is 1. The fraction of sp³-hybridized carbons (Fsp3) is 0.500. The van der Waals surface area contributed by atoms with Crippen LogP contribution >= 0.6 is 0 Å². The van der Waals surface area contributed by atoms with Gasteiger partial charge in [0.25, 0.3) is 5.91 Å². The first-order chi connectivity index (χ1) is 12.2. The van der Waals surface area contributed by atoms with Crippen LogP contribution in [0.15, 0.2) is 29.2 Å². The quantitative estimate of drug-likeness (QED) is 0.626. The molecule has 1 fully saturated rings. The summed E-state index contributed by atoms with van der Waals surface area (Å²) in [5.74, 6) is -2.53. The molecule has 0 radical (unpaired) electrons. The molecular weight excluding hydrogens is 370 g/mol. The van der Waals surface area contributed by atoms with E-state index in [2.05, 4.69) is 4.72 Å². The molecule has 144 valence electrons. The van der Waals surface area contributed by atoms with E-state index in [9.17, 15) is 26.8 Å². The molecule has 1 aromatic rings. The molecule has 1 aliphatic rings. The summed E-state index contributed by atoms with van der Waals surface area (Å²) < 4.78 is 52.2. The van der Waals surface area contributed by atoms with Crippen molar-refractivity contribution in [2.75, 3.05) is 0 Å². The smallest absolute Gasteiger partial charge is 0.326 e. The molecule has 26 heavy (non-hydrogen) atoms. The van der Waals surface area contributed by atoms with Crippen molar-refractivity contribution in [3.8, 4) is 0 Å². The number of aliphatic carboxylic acids is 1. The number of carbonyl (C=O) groups excluding carboxylic acids is 1. The zero-order chi connectivity index (χ0) is 19.3. The van der Waals surface area contributed by atoms with Crippen LogP contribution in [-0.2, 0) is 14.8 Å². The molecule has 10 heteroatoms. The third kappa shape index (κ3) is 5.46. The van der Waals surface area contributed by atoms with Gasteiger partial charge in [0.2, 0.25) is 16.4 Å². The van der Waals surface area contributed by atoms with E-state index in [0.29, 0.717) is 0 Å². The maximum absolute atomic E-state index is 12.4. The molecule has 1 aromatic carbocycles. The average Bonchev–Trinajstić information content (AvgIpc) is 3.06. The van der Waals surface area contributed by atoms with Crippen LogP contribution in [0, 0.1) is 0 Å². The van der Waals surface area contributed by atoms with Gasteiger partial charge in [-0.1, -0.05) is 18.9 Å². The normalized spacial score (nSPS) is 16.6. The Morgan fingerprint density at radius 3 is 2.46 bits per heavy atom. The lowest BCUT2D eigenvalue weighted by Gasteiger charge is -2.15. The van der Waals surface area contributed by atoms with Crippen molar-refractivity contribution in [2.24, 2.45) is 0 Å². The number of alkyl halides is 2. The second-order valence-corrected chi connectivity index (χ2v) is 7.84. The number of rotatable bonds is 8. The standard InChI is InChI=1S/C16H20F2N2O5S/c17-14(18)9-13(16(22)23)19-15(21)10-4-3-7-12(8-10)26(24,25)20-11-5-1-2-6-11/h3-4,7-8,11,13-14,20H,1-2,5-6,9H2,(H,19,21)(H,22,23). The SMILES string of the molecule is O=C(NC(CC(F)F)C(=O)O)c1cccc(S(=O)(=O)NC2CCCC2)c1. The summed E-state index contributed by atoms with van der Waals surface area (Å²) in [5.41, 5.74) is -0.125. The largest absolute Gasteiger partial charge is 0.480 e. The molecule has 7 nitrogen and oxygen atoms in total. The lowest BCUT2D eigenvalue weighted by atomic mass is 10.1. The average molecular weight is 390 g/mol. The van der Waals surface area contributed by atoms with Crippen molar-refractivity contribution in [3.63, 3.8) is 0 Å². The summed E-state index contributed by atoms with van der Waals surface area (Å²) in [6.45, 7) is 0. The number of carbonyl (C=O) groups is 2. The topological polar surface area (TPSA) is 113 Å². The fourth-order valence-electron chi connectivity index (χ4n) is 2.78. The summed E-state index contributed by atoms with van der Waals surface area (Å²) in [7, 11) is -3.83. The lowest BCUT2D eigenvalue weighted by molar-refractivity contribution is -0.140. The van der Waals surface area contributed by atoms with E-state index in [1.54, 1.807) is 0 Å². The molecule has 1 unspecified atom stereocenters. The molecule has 1 saturated carbocycles. The van der Waals surface area contributed by atoms with Crippen LogP contribution in [0.25, 0.3) is 0 Å². The predicted molar refractivity (Wildman–Crippen MR) is 88.5 cm³/mol. The maximum atomic E-state index is 12.4. The van der Waals surface area contributed by atoms with Crippen molar-refractivity contribution >= 4 is 21.9 Å². The summed E-state index contributed by atoms with van der Waals surface area (Å²) in [6.07, 6.45) is -0.575. The first-order valence-electron chi connectivity index (χ1n) is 8.13. The molecule has 0 aromatic heterocycles. The van der Waals surface area contributed by atoms with Gasteiger partial charge in [0.15, 0.2) is 0 Å². The Labute approximate surface area is 149 Å². The van der Waals surface area contributed by atoms with Gasteiger partial charge >= 0.3 is 5.97 Å². The molecular formula is C16H20F2N2O5S. The van der Waals surface area contributed by atoms with Crippen LogP contribution in [0.1, 0.15) is 42.5 Å². The molecule has 1 atom stereocenters. The number of carboxylic acids is 1. The van der Waals surface area contributed by atoms with E-state index in [1.165, 1.54) is 18.2 Å². The van der Waals surface area contributed by atoms with E-state index in [4.69, 9.17) is 5.11 Å². The highest BCUT2D eigenvalue weighted by Gasteiger charge is 2.26. The maximum Gasteiger partial charge on any atom is 0.326 e. The number of amides is 1. The van der Waals surface area contributed by atoms with Crippen LogP contribution in [0.3, 0.4) is 0 Å². The van der Waals surface area contributed by atoms with Gasteiger partial charge in [0.05, 0.1) is 4.90 Å². The van der Waals surface area contributed by atoms with Crippen LogP contribution < -0.4 is 10.0 Å². The van der Waals surface area contributed by atoms with Crippen molar-refractivity contribution in [2.45, 2.75) is 55.5 Å². The third-order valence-electron chi connectivity index (χ3n) is 4.10. The summed E-state index contributed by atoms with van der Waals surface area (Å²) in [6, 6.07) is 3.10. The Kier molecular flexibility index (Phi) is 6.65. The van der Waals surface area contributed by atoms with Crippen molar-refractivity contribution in [1.29, 1.82) is 0 Å². The Bertz CT molecular complexity index is 764. The van der Waals surface area contributed by atoms with Gasteiger partial charge in [-0.15, -0.1) is 0 Å². The number of hydrogen-bond donors (Lipinski definition) is 3. The van der Waals surface area contributed by atoms with E-state index in [0.717, 1.165) is 31.7 Å². The number of halogens is 2. The van der Waals surface area contributed by atoms with Gasteiger partial charge in [-0.2, -0.15) is 0 Å². The zero-order valence-corrected chi connectivity index (χ0v) is 14.6. The highest BCUT2D eigenvalue weighted by Crippen LogP contribution is 2.21. The molecule has 2 rings (SSSR count). The van der Waals surface area contributed by atoms with Crippen LogP contribution in [0.2, 0.25) is 0 Å². The minimum atomic E-state index is -3.83. The van der Waals surface area contributed by atoms with Gasteiger partial charge in [0.1, 0.15) is 6.04 Å². The van der Waals surface area contributed by atoms with Crippen LogP contribution in [-0.4, -0.2) is 43.9 Å². The second kappa shape index (κ2) is 8.54. The van der Waals surface area contributed by atoms with Gasteiger partial charge in [-0.05, 0) is 31.0 Å². The van der Waals surface area contributed by atoms with E-state index < -0.39 is 40.8 Å². The summed E-state index contributed by atoms with van der Waals surface area (Å²) in [5, 5.41) is 10.9. The van der Waals surface area contributed by atoms with E-state index in [-0.39, 0.29) is 16.5 Å². The Hall–Kier alpha value is -2.07. The Morgan fingerprint density at radius 2 is 1.88 bits per heavy atom. The minimum absolute atomic E-state index is 0.125. The molecule has 3 N–H and O–H groups in total. The highest BCUT2D eigenvalue weighted by atomic mass is 32.2. The fourth-order valence-corrected chi connectivity index (χ4v) is 4.13. The zero-order valence-electron chi connectivity index (χ0n) is 13.8. The predicted octanol–water partition coefficient (Wildman–Crippen LogP) is 1.75. The van der Waals surface area contributed by atoms with Gasteiger partial charge in [-0.25, -0.2) is 26.7 Å². The lowest BCUT2D eigenvalue weighted by Crippen LogP contribution is -2.42. The third-order valence-corrected chi connectivity index (χ3v) is 5.62. The van der Waals surface area contributed by atoms with Crippen LogP contribution in [0.5, 0.6) is 0 Å². The van der Waals surface area contributed by atoms with Gasteiger partial charge < -0.3 is 10.4 Å².